The van der Waals surface area contributed by atoms with E-state index in [1.54, 1.807) is 30.3 Å². The predicted octanol–water partition coefficient (Wildman–Crippen LogP) is -5.32. The van der Waals surface area contributed by atoms with Gasteiger partial charge in [0.1, 0.15) is 5.75 Å². The van der Waals surface area contributed by atoms with Gasteiger partial charge in [0.25, 0.3) is 10.1 Å². The predicted molar refractivity (Wildman–Crippen MR) is 96.6 cm³/mol. The summed E-state index contributed by atoms with van der Waals surface area (Å²) in [6, 6.07) is 12.5. The zero-order valence-electron chi connectivity index (χ0n) is 19.5. The molecule has 0 fully saturated rings. The number of para-hydroxylation sites is 1. The molecule has 0 saturated heterocycles. The average Bonchev–Trinajstić information content (AvgIpc) is 2.52. The molecule has 0 amide bonds. The summed E-state index contributed by atoms with van der Waals surface area (Å²) in [7, 11) is -9.84. The van der Waals surface area contributed by atoms with Crippen molar-refractivity contribution in [3.8, 4) is 11.5 Å². The van der Waals surface area contributed by atoms with Crippen LogP contribution in [0.5, 0.6) is 11.5 Å². The minimum Gasteiger partial charge on any atom is -1.00 e. The molecule has 1 atom stereocenters. The number of halogens is 1. The fourth-order valence-corrected chi connectivity index (χ4v) is 4.76. The van der Waals surface area contributed by atoms with Crippen LogP contribution in [0.3, 0.4) is 0 Å². The number of ether oxygens (including phenoxy) is 1. The van der Waals surface area contributed by atoms with E-state index in [2.05, 4.69) is 0 Å². The monoisotopic (exact) mass is 524 g/mol. The summed E-state index contributed by atoms with van der Waals surface area (Å²) in [6.45, 7) is 0. The molecule has 148 valence electrons. The van der Waals surface area contributed by atoms with Crippen molar-refractivity contribution in [2.75, 3.05) is 0 Å². The van der Waals surface area contributed by atoms with Crippen LogP contribution in [0.15, 0.2) is 48.5 Å². The molecule has 3 N–H and O–H groups in total. The van der Waals surface area contributed by atoms with E-state index in [0.717, 1.165) is 0 Å². The Bertz CT molecular complexity index is 939. The second-order valence-electron chi connectivity index (χ2n) is 5.63. The van der Waals surface area contributed by atoms with Crippen molar-refractivity contribution < 1.29 is 195 Å². The molecule has 29 heavy (non-hydrogen) atoms. The molecule has 2 aromatic carbocycles. The van der Waals surface area contributed by atoms with Gasteiger partial charge in [0.2, 0.25) is 0 Å². The summed E-state index contributed by atoms with van der Waals surface area (Å²) in [4.78, 5) is 16.0. The van der Waals surface area contributed by atoms with E-state index < -0.39 is 34.9 Å². The van der Waals surface area contributed by atoms with Gasteiger partial charge in [-0.25, -0.2) is 4.39 Å². The molecule has 13 heteroatoms. The van der Waals surface area contributed by atoms with E-state index in [9.17, 15) is 17.4 Å². The van der Waals surface area contributed by atoms with Crippen LogP contribution < -0.4 is 159 Å². The molecule has 1 unspecified atom stereocenters. The van der Waals surface area contributed by atoms with Crippen molar-refractivity contribution in [2.45, 2.75) is 24.3 Å². The Hall–Kier alpha value is 3.14. The molecule has 0 aliphatic carbocycles. The van der Waals surface area contributed by atoms with Crippen molar-refractivity contribution in [2.24, 2.45) is 0 Å². The quantitative estimate of drug-likeness (QED) is 0.179. The first-order chi connectivity index (χ1) is 12.1. The Morgan fingerprint density at radius 1 is 1.07 bits per heavy atom. The third-order valence-corrected chi connectivity index (χ3v) is 7.15. The molecule has 0 saturated carbocycles. The van der Waals surface area contributed by atoms with Crippen LogP contribution in [0, 0.1) is 5.82 Å². The van der Waals surface area contributed by atoms with Crippen LogP contribution >= 0.6 is 7.60 Å². The maximum atomic E-state index is 13.6. The van der Waals surface area contributed by atoms with E-state index in [1.165, 1.54) is 18.2 Å². The van der Waals surface area contributed by atoms with Gasteiger partial charge in [0.05, 0.1) is 0 Å². The first-order valence-electron chi connectivity index (χ1n) is 7.60. The topological polar surface area (TPSA) is 121 Å². The van der Waals surface area contributed by atoms with Gasteiger partial charge in [-0.1, -0.05) is 24.3 Å². The Labute approximate surface area is 301 Å². The SMILES string of the molecule is O=P(O)(O)C(CCCc1cccc(Oc2ccccc2F)c1)S(=O)(=O)O.[H-].[H-].[H-].[K+].[K+].[K+]. The number of rotatable bonds is 8. The maximum Gasteiger partial charge on any atom is 1.00 e. The van der Waals surface area contributed by atoms with Gasteiger partial charge >= 0.3 is 162 Å². The van der Waals surface area contributed by atoms with Gasteiger partial charge in [-0.3, -0.25) is 9.12 Å². The number of hydrogen-bond donors (Lipinski definition) is 3. The largest absolute Gasteiger partial charge is 1.00 e. The average molecular weight is 525 g/mol. The van der Waals surface area contributed by atoms with Crippen molar-refractivity contribution in [1.82, 2.24) is 0 Å². The van der Waals surface area contributed by atoms with Crippen LogP contribution in [0.2, 0.25) is 0 Å². The van der Waals surface area contributed by atoms with Crippen molar-refractivity contribution >= 4 is 17.7 Å². The Morgan fingerprint density at radius 3 is 2.24 bits per heavy atom. The second-order valence-corrected chi connectivity index (χ2v) is 9.38. The standard InChI is InChI=1S/C16H18FO7PS.3K.3H/c17-14-8-1-2-9-15(14)24-13-7-3-5-12(11-13)6-4-10-16(25(18,19)20)26(21,22)23;;;;;;/h1-3,5,7-9,11,16H,4,6,10H2,(H2,18,19,20)(H,21,22,23);;;;;;/q;3*+1;3*-1. The van der Waals surface area contributed by atoms with Crippen LogP contribution in [0.1, 0.15) is 22.7 Å². The van der Waals surface area contributed by atoms with Gasteiger partial charge in [0, 0.05) is 0 Å². The fraction of sp³-hybridized carbons (Fsp3) is 0.250. The first-order valence-corrected chi connectivity index (χ1v) is 10.8. The number of aryl methyl sites for hydroxylation is 1. The summed E-state index contributed by atoms with van der Waals surface area (Å²) in [5, 5.41) is 0. The third-order valence-electron chi connectivity index (χ3n) is 3.60. The molecule has 0 heterocycles. The minimum atomic E-state index is -4.98. The Morgan fingerprint density at radius 2 is 1.69 bits per heavy atom. The molecule has 0 bridgehead atoms. The zero-order valence-corrected chi connectivity index (χ0v) is 27.6. The van der Waals surface area contributed by atoms with Crippen LogP contribution in [0.4, 0.5) is 4.39 Å². The smallest absolute Gasteiger partial charge is 1.00 e. The summed E-state index contributed by atoms with van der Waals surface area (Å²) in [5.41, 5.74) is 0.707. The molecule has 0 aromatic heterocycles. The molecule has 2 aromatic rings. The first kappa shape index (κ1) is 34.3. The molecule has 7 nitrogen and oxygen atoms in total. The third kappa shape index (κ3) is 12.4. The molecule has 0 radical (unpaired) electrons. The van der Waals surface area contributed by atoms with Gasteiger partial charge in [-0.15, -0.1) is 0 Å². The summed E-state index contributed by atoms with van der Waals surface area (Å²) < 4.78 is 61.5. The van der Waals surface area contributed by atoms with E-state index in [1.807, 2.05) is 0 Å². The molecule has 0 spiro atoms. The van der Waals surface area contributed by atoms with Crippen molar-refractivity contribution in [3.05, 3.63) is 59.9 Å². The Balaban J connectivity index is -0.000000405. The number of hydrogen-bond acceptors (Lipinski definition) is 4. The second kappa shape index (κ2) is 15.9. The number of benzene rings is 2. The van der Waals surface area contributed by atoms with Crippen molar-refractivity contribution in [3.63, 3.8) is 0 Å². The van der Waals surface area contributed by atoms with Crippen molar-refractivity contribution in [1.29, 1.82) is 0 Å². The summed E-state index contributed by atoms with van der Waals surface area (Å²) >= 11 is 0. The molecule has 0 aliphatic heterocycles. The maximum absolute atomic E-state index is 13.6. The summed E-state index contributed by atoms with van der Waals surface area (Å²) in [5.74, 6) is -0.0953. The van der Waals surface area contributed by atoms with Gasteiger partial charge in [-0.05, 0) is 49.1 Å². The molecule has 2 rings (SSSR count). The summed E-state index contributed by atoms with van der Waals surface area (Å²) in [6.07, 6.45) is 0.000714. The van der Waals surface area contributed by atoms with Gasteiger partial charge in [-0.2, -0.15) is 8.42 Å². The van der Waals surface area contributed by atoms with E-state index in [4.69, 9.17) is 19.1 Å². The van der Waals surface area contributed by atoms with E-state index in [0.29, 0.717) is 17.7 Å². The molecule has 0 aliphatic rings. The molecular formula is C16H21FK3O7PS. The Kier molecular flexibility index (Phi) is 18.8. The van der Waals surface area contributed by atoms with E-state index >= 15 is 0 Å². The molecular weight excluding hydrogens is 504 g/mol. The van der Waals surface area contributed by atoms with Gasteiger partial charge < -0.3 is 18.8 Å². The van der Waals surface area contributed by atoms with Crippen LogP contribution in [-0.4, -0.2) is 27.7 Å². The van der Waals surface area contributed by atoms with Gasteiger partial charge in [0.15, 0.2) is 16.6 Å². The van der Waals surface area contributed by atoms with Crippen LogP contribution in [0.25, 0.3) is 0 Å². The normalized spacial score (nSPS) is 12.0. The minimum absolute atomic E-state index is 0. The van der Waals surface area contributed by atoms with E-state index in [-0.39, 0.29) is 171 Å². The fourth-order valence-electron chi connectivity index (χ4n) is 2.39. The van der Waals surface area contributed by atoms with Crippen LogP contribution in [-0.2, 0) is 21.1 Å². The zero-order chi connectivity index (χ0) is 19.4.